The lowest BCUT2D eigenvalue weighted by Gasteiger charge is -2.30. The van der Waals surface area contributed by atoms with E-state index in [1.165, 1.54) is 6.92 Å². The molecule has 1 aliphatic rings. The van der Waals surface area contributed by atoms with Crippen molar-refractivity contribution in [2.75, 3.05) is 32.8 Å². The Bertz CT molecular complexity index is 1470. The van der Waals surface area contributed by atoms with Crippen LogP contribution in [0.1, 0.15) is 65.0 Å². The smallest absolute Gasteiger partial charge is 0.243 e. The first-order valence-corrected chi connectivity index (χ1v) is 19.0. The van der Waals surface area contributed by atoms with Crippen molar-refractivity contribution in [2.45, 2.75) is 103 Å². The topological polar surface area (TPSA) is 166 Å². The minimum Gasteiger partial charge on any atom is -0.383 e. The second-order valence-electron chi connectivity index (χ2n) is 15.2. The van der Waals surface area contributed by atoms with Crippen LogP contribution >= 0.6 is 0 Å². The molecular weight excluding hydrogens is 673 g/mol. The van der Waals surface area contributed by atoms with Crippen LogP contribution in [0.3, 0.4) is 0 Å². The van der Waals surface area contributed by atoms with Gasteiger partial charge in [-0.1, -0.05) is 88.4 Å². The van der Waals surface area contributed by atoms with Gasteiger partial charge in [0.15, 0.2) is 5.78 Å². The molecule has 0 spiro atoms. The van der Waals surface area contributed by atoms with Crippen LogP contribution in [0, 0.1) is 11.8 Å². The highest BCUT2D eigenvalue weighted by Gasteiger charge is 2.37. The van der Waals surface area contributed by atoms with E-state index in [1.54, 1.807) is 7.85 Å². The minimum atomic E-state index is -1.63. The lowest BCUT2D eigenvalue weighted by Crippen LogP contribution is -2.59. The minimum absolute atomic E-state index is 0.00421. The van der Waals surface area contributed by atoms with Crippen LogP contribution in [0.25, 0.3) is 0 Å². The van der Waals surface area contributed by atoms with Gasteiger partial charge in [-0.05, 0) is 61.9 Å². The van der Waals surface area contributed by atoms with Gasteiger partial charge in [-0.25, -0.2) is 0 Å². The molecule has 12 nitrogen and oxygen atoms in total. The second kappa shape index (κ2) is 21.6. The number of hydrogen-bond acceptors (Lipinski definition) is 8. The standard InChI is InChI=1S/C40H60BN5O7/c1-27(2)22-32(36(48)40(5,52)26-41)43-39(51)34(24-30-14-10-7-11-15-30)45-38(50)33(23-28(3)4)44-37(49)31(17-16-29-12-8-6-9-13-29)42-35(47)25-46-18-20-53-21-19-46/h6-15,27-28,31-34,52H,16-26,41H2,1-5H3,(H,42,47)(H,43,51)(H,44,49)(H,45,50)/t31-,32-,33-,34-,40+/m0/s1. The monoisotopic (exact) mass is 733 g/mol. The number of rotatable bonds is 21. The van der Waals surface area contributed by atoms with Gasteiger partial charge in [0, 0.05) is 19.5 Å². The average Bonchev–Trinajstić information content (AvgIpc) is 3.12. The van der Waals surface area contributed by atoms with E-state index in [4.69, 9.17) is 4.74 Å². The number of amides is 4. The Morgan fingerprint density at radius 3 is 1.79 bits per heavy atom. The summed E-state index contributed by atoms with van der Waals surface area (Å²) in [6.07, 6.45) is 1.73. The SMILES string of the molecule is BC[C@@](C)(O)C(=O)[C@H](CC(C)C)NC(=O)[C@H](Cc1ccccc1)NC(=O)[C@H](CC(C)C)NC(=O)[C@H](CCc1ccccc1)NC(=O)CN1CCOCC1. The van der Waals surface area contributed by atoms with E-state index in [1.807, 2.05) is 93.3 Å². The third-order valence-electron chi connectivity index (χ3n) is 9.50. The molecule has 13 heteroatoms. The molecule has 0 saturated carbocycles. The molecule has 1 aliphatic heterocycles. The molecule has 5 atom stereocenters. The number of morpholine rings is 1. The summed E-state index contributed by atoms with van der Waals surface area (Å²) in [6, 6.07) is 14.9. The molecule has 0 aromatic heterocycles. The first-order chi connectivity index (χ1) is 25.2. The Morgan fingerprint density at radius 1 is 0.736 bits per heavy atom. The van der Waals surface area contributed by atoms with E-state index in [0.29, 0.717) is 45.6 Å². The van der Waals surface area contributed by atoms with Crippen molar-refractivity contribution >= 4 is 37.3 Å². The molecule has 0 aliphatic carbocycles. The highest BCUT2D eigenvalue weighted by Crippen LogP contribution is 2.18. The maximum Gasteiger partial charge on any atom is 0.243 e. The molecule has 4 amide bonds. The Morgan fingerprint density at radius 2 is 1.23 bits per heavy atom. The van der Waals surface area contributed by atoms with E-state index in [-0.39, 0.29) is 43.4 Å². The molecule has 5 N–H and O–H groups in total. The molecule has 1 fully saturated rings. The first kappa shape index (κ1) is 43.3. The number of ketones is 1. The molecule has 1 heterocycles. The summed E-state index contributed by atoms with van der Waals surface area (Å²) in [5.41, 5.74) is 0.161. The number of nitrogens with zero attached hydrogens (tertiary/aromatic N) is 1. The van der Waals surface area contributed by atoms with Gasteiger partial charge in [0.05, 0.1) is 25.8 Å². The summed E-state index contributed by atoms with van der Waals surface area (Å²) in [5, 5.41) is 22.3. The van der Waals surface area contributed by atoms with Crippen LogP contribution in [-0.2, 0) is 41.6 Å². The van der Waals surface area contributed by atoms with Crippen LogP contribution in [0.2, 0.25) is 6.32 Å². The van der Waals surface area contributed by atoms with Crippen LogP contribution < -0.4 is 21.3 Å². The largest absolute Gasteiger partial charge is 0.383 e. The summed E-state index contributed by atoms with van der Waals surface area (Å²) in [4.78, 5) is 70.6. The van der Waals surface area contributed by atoms with Crippen LogP contribution in [-0.4, -0.2) is 110 Å². The van der Waals surface area contributed by atoms with Gasteiger partial charge in [0.25, 0.3) is 0 Å². The molecular formula is C40H60BN5O7. The summed E-state index contributed by atoms with van der Waals surface area (Å²) >= 11 is 0. The zero-order valence-electron chi connectivity index (χ0n) is 32.4. The zero-order valence-corrected chi connectivity index (χ0v) is 32.4. The number of carbonyl (C=O) groups is 5. The lowest BCUT2D eigenvalue weighted by atomic mass is 9.81. The highest BCUT2D eigenvalue weighted by molar-refractivity contribution is 6.13. The molecule has 1 saturated heterocycles. The summed E-state index contributed by atoms with van der Waals surface area (Å²) in [5.74, 6) is -2.38. The molecule has 0 unspecified atom stereocenters. The molecule has 2 aromatic rings. The lowest BCUT2D eigenvalue weighted by molar-refractivity contribution is -0.140. The van der Waals surface area contributed by atoms with E-state index in [0.717, 1.165) is 11.1 Å². The molecule has 3 rings (SSSR count). The third kappa shape index (κ3) is 15.1. The maximum absolute atomic E-state index is 14.1. The predicted octanol–water partition coefficient (Wildman–Crippen LogP) is 1.60. The molecule has 0 radical (unpaired) electrons. The van der Waals surface area contributed by atoms with Crippen molar-refractivity contribution < 1.29 is 33.8 Å². The van der Waals surface area contributed by atoms with E-state index < -0.39 is 53.3 Å². The van der Waals surface area contributed by atoms with Crippen molar-refractivity contribution in [2.24, 2.45) is 11.8 Å². The van der Waals surface area contributed by atoms with E-state index in [2.05, 4.69) is 21.3 Å². The van der Waals surface area contributed by atoms with Gasteiger partial charge in [0.1, 0.15) is 31.6 Å². The van der Waals surface area contributed by atoms with Gasteiger partial charge < -0.3 is 31.1 Å². The number of hydrogen-bond donors (Lipinski definition) is 5. The number of aryl methyl sites for hydroxylation is 1. The Kier molecular flexibility index (Phi) is 17.7. The van der Waals surface area contributed by atoms with E-state index in [9.17, 15) is 29.1 Å². The van der Waals surface area contributed by atoms with Gasteiger partial charge in [-0.2, -0.15) is 0 Å². The summed E-state index contributed by atoms with van der Waals surface area (Å²) < 4.78 is 5.40. The van der Waals surface area contributed by atoms with Gasteiger partial charge in [-0.3, -0.25) is 28.9 Å². The summed E-state index contributed by atoms with van der Waals surface area (Å²) in [7, 11) is 1.70. The Labute approximate surface area is 316 Å². The van der Waals surface area contributed by atoms with Crippen molar-refractivity contribution in [1.82, 2.24) is 26.2 Å². The average molecular weight is 734 g/mol. The zero-order chi connectivity index (χ0) is 39.0. The van der Waals surface area contributed by atoms with Crippen LogP contribution in [0.15, 0.2) is 60.7 Å². The molecule has 290 valence electrons. The van der Waals surface area contributed by atoms with Gasteiger partial charge in [0.2, 0.25) is 23.6 Å². The van der Waals surface area contributed by atoms with Gasteiger partial charge >= 0.3 is 0 Å². The predicted molar refractivity (Wildman–Crippen MR) is 208 cm³/mol. The van der Waals surface area contributed by atoms with Crippen molar-refractivity contribution in [3.05, 3.63) is 71.8 Å². The number of benzene rings is 2. The number of ether oxygens (including phenoxy) is 1. The van der Waals surface area contributed by atoms with Gasteiger partial charge in [-0.15, -0.1) is 0 Å². The number of Topliss-reactive ketones (excluding diaryl/α,β-unsaturated/α-hetero) is 1. The van der Waals surface area contributed by atoms with Crippen molar-refractivity contribution in [1.29, 1.82) is 0 Å². The van der Waals surface area contributed by atoms with E-state index >= 15 is 0 Å². The normalized spacial score (nSPS) is 16.8. The molecule has 2 aromatic carbocycles. The van der Waals surface area contributed by atoms with Crippen molar-refractivity contribution in [3.8, 4) is 0 Å². The third-order valence-corrected chi connectivity index (χ3v) is 9.50. The fourth-order valence-electron chi connectivity index (χ4n) is 6.26. The fraction of sp³-hybridized carbons (Fsp3) is 0.575. The number of carbonyl (C=O) groups excluding carboxylic acids is 5. The fourth-order valence-corrected chi connectivity index (χ4v) is 6.26. The number of aliphatic hydroxyl groups is 1. The Hall–Kier alpha value is -4.07. The maximum atomic E-state index is 14.1. The second-order valence-corrected chi connectivity index (χ2v) is 15.2. The molecule has 53 heavy (non-hydrogen) atoms. The first-order valence-electron chi connectivity index (χ1n) is 19.0. The quantitative estimate of drug-likeness (QED) is 0.121. The summed E-state index contributed by atoms with van der Waals surface area (Å²) in [6.45, 7) is 11.6. The highest BCUT2D eigenvalue weighted by atomic mass is 16.5. The molecule has 0 bridgehead atoms. The van der Waals surface area contributed by atoms with Crippen LogP contribution in [0.5, 0.6) is 0 Å². The Balaban J connectivity index is 1.84. The van der Waals surface area contributed by atoms with Crippen LogP contribution in [0.4, 0.5) is 0 Å². The van der Waals surface area contributed by atoms with Crippen molar-refractivity contribution in [3.63, 3.8) is 0 Å². The number of nitrogens with one attached hydrogen (secondary N) is 4.